The highest BCUT2D eigenvalue weighted by Gasteiger charge is 2.22. The number of rotatable bonds is 8. The van der Waals surface area contributed by atoms with Gasteiger partial charge in [0.15, 0.2) is 0 Å². The molecule has 0 spiro atoms. The second-order valence-electron chi connectivity index (χ2n) is 7.64. The van der Waals surface area contributed by atoms with Crippen LogP contribution in [-0.4, -0.2) is 57.2 Å². The number of ether oxygens (including phenoxy) is 1. The maximum Gasteiger partial charge on any atom is 0.248 e. The minimum atomic E-state index is -3.70. The van der Waals surface area contributed by atoms with E-state index in [1.54, 1.807) is 18.2 Å². The first-order chi connectivity index (χ1) is 15.2. The third-order valence-corrected chi connectivity index (χ3v) is 6.95. The monoisotopic (exact) mass is 457 g/mol. The van der Waals surface area contributed by atoms with E-state index < -0.39 is 10.0 Å². The Bertz CT molecular complexity index is 1140. The van der Waals surface area contributed by atoms with Crippen molar-refractivity contribution in [1.29, 1.82) is 0 Å². The van der Waals surface area contributed by atoms with E-state index in [2.05, 4.69) is 5.32 Å². The molecule has 2 amide bonds. The molecular formula is C23H27N3O5S. The van der Waals surface area contributed by atoms with Crippen LogP contribution in [-0.2, 0) is 26.2 Å². The predicted molar refractivity (Wildman–Crippen MR) is 123 cm³/mol. The standard InChI is InChI=1S/C23H27N3O5S/c1-25(2)32(29,30)21-15-17(9-11-20(21)31-3)10-12-22(27)24-19-7-4-6-18(14-19)16-26-13-5-8-23(26)28/h4,6-7,9-12,14-15H,5,8,13,16H2,1-3H3,(H,24,27)/b12-10+. The van der Waals surface area contributed by atoms with Crippen molar-refractivity contribution in [3.05, 3.63) is 59.7 Å². The summed E-state index contributed by atoms with van der Waals surface area (Å²) in [5, 5.41) is 2.79. The van der Waals surface area contributed by atoms with Gasteiger partial charge in [-0.2, -0.15) is 0 Å². The predicted octanol–water partition coefficient (Wildman–Crippen LogP) is 2.72. The quantitative estimate of drug-likeness (QED) is 0.615. The Morgan fingerprint density at radius 2 is 2.00 bits per heavy atom. The van der Waals surface area contributed by atoms with Crippen molar-refractivity contribution in [2.24, 2.45) is 0 Å². The van der Waals surface area contributed by atoms with Crippen LogP contribution in [0, 0.1) is 0 Å². The number of nitrogens with zero attached hydrogens (tertiary/aromatic N) is 2. The summed E-state index contributed by atoms with van der Waals surface area (Å²) < 4.78 is 31.4. The lowest BCUT2D eigenvalue weighted by Crippen LogP contribution is -2.23. The lowest BCUT2D eigenvalue weighted by molar-refractivity contribution is -0.128. The van der Waals surface area contributed by atoms with E-state index in [0.29, 0.717) is 24.2 Å². The number of carbonyl (C=O) groups excluding carboxylic acids is 2. The summed E-state index contributed by atoms with van der Waals surface area (Å²) >= 11 is 0. The molecule has 1 saturated heterocycles. The van der Waals surface area contributed by atoms with Crippen molar-refractivity contribution < 1.29 is 22.7 Å². The number of nitrogens with one attached hydrogen (secondary N) is 1. The Kier molecular flexibility index (Phi) is 7.32. The zero-order valence-electron chi connectivity index (χ0n) is 18.4. The van der Waals surface area contributed by atoms with E-state index >= 15 is 0 Å². The van der Waals surface area contributed by atoms with Crippen LogP contribution in [0.1, 0.15) is 24.0 Å². The fraction of sp³-hybridized carbons (Fsp3) is 0.304. The van der Waals surface area contributed by atoms with E-state index in [0.717, 1.165) is 22.8 Å². The molecule has 0 radical (unpaired) electrons. The molecule has 0 aliphatic carbocycles. The number of amides is 2. The van der Waals surface area contributed by atoms with Crippen molar-refractivity contribution in [2.75, 3.05) is 33.1 Å². The molecule has 8 nitrogen and oxygen atoms in total. The first-order valence-electron chi connectivity index (χ1n) is 10.2. The molecule has 0 atom stereocenters. The average molecular weight is 458 g/mol. The molecule has 2 aromatic rings. The highest BCUT2D eigenvalue weighted by Crippen LogP contribution is 2.27. The highest BCUT2D eigenvalue weighted by atomic mass is 32.2. The number of anilines is 1. The van der Waals surface area contributed by atoms with Crippen LogP contribution in [0.25, 0.3) is 6.08 Å². The molecule has 0 aromatic heterocycles. The first kappa shape index (κ1) is 23.5. The zero-order chi connectivity index (χ0) is 23.3. The van der Waals surface area contributed by atoms with Gasteiger partial charge in [0.25, 0.3) is 0 Å². The molecule has 1 aliphatic rings. The summed E-state index contributed by atoms with van der Waals surface area (Å²) in [6.45, 7) is 1.28. The number of benzene rings is 2. The van der Waals surface area contributed by atoms with Crippen LogP contribution in [0.4, 0.5) is 5.69 Å². The molecule has 32 heavy (non-hydrogen) atoms. The normalized spacial score (nSPS) is 14.4. The van der Waals surface area contributed by atoms with Crippen molar-refractivity contribution in [2.45, 2.75) is 24.3 Å². The fourth-order valence-electron chi connectivity index (χ4n) is 3.39. The maximum atomic E-state index is 12.5. The Labute approximate surface area is 188 Å². The van der Waals surface area contributed by atoms with E-state index in [1.807, 2.05) is 23.1 Å². The number of methoxy groups -OCH3 is 1. The van der Waals surface area contributed by atoms with Crippen LogP contribution in [0.3, 0.4) is 0 Å². The van der Waals surface area contributed by atoms with Gasteiger partial charge >= 0.3 is 0 Å². The van der Waals surface area contributed by atoms with E-state index in [1.165, 1.54) is 39.4 Å². The van der Waals surface area contributed by atoms with Gasteiger partial charge in [-0.15, -0.1) is 0 Å². The van der Waals surface area contributed by atoms with Crippen molar-refractivity contribution >= 4 is 33.6 Å². The van der Waals surface area contributed by atoms with Gasteiger partial charge in [-0.3, -0.25) is 9.59 Å². The van der Waals surface area contributed by atoms with Crippen molar-refractivity contribution in [3.8, 4) is 5.75 Å². The van der Waals surface area contributed by atoms with Crippen LogP contribution in [0.2, 0.25) is 0 Å². The molecule has 0 saturated carbocycles. The molecule has 1 heterocycles. The molecule has 2 aromatic carbocycles. The summed E-state index contributed by atoms with van der Waals surface area (Å²) in [5.41, 5.74) is 2.10. The average Bonchev–Trinajstić information content (AvgIpc) is 3.16. The SMILES string of the molecule is COc1ccc(/C=C/C(=O)Nc2cccc(CN3CCCC3=O)c2)cc1S(=O)(=O)N(C)C. The Balaban J connectivity index is 1.71. The molecule has 1 aliphatic heterocycles. The number of likely N-dealkylation sites (tertiary alicyclic amines) is 1. The summed E-state index contributed by atoms with van der Waals surface area (Å²) in [4.78, 5) is 26.1. The molecule has 0 bridgehead atoms. The van der Waals surface area contributed by atoms with Gasteiger partial charge in [0.2, 0.25) is 21.8 Å². The number of sulfonamides is 1. The molecule has 9 heteroatoms. The fourth-order valence-corrected chi connectivity index (χ4v) is 4.47. The van der Waals surface area contributed by atoms with E-state index in [4.69, 9.17) is 4.74 Å². The number of carbonyl (C=O) groups is 2. The number of hydrogen-bond donors (Lipinski definition) is 1. The van der Waals surface area contributed by atoms with Gasteiger partial charge in [-0.1, -0.05) is 18.2 Å². The molecule has 3 rings (SSSR count). The van der Waals surface area contributed by atoms with Crippen LogP contribution < -0.4 is 10.1 Å². The third kappa shape index (κ3) is 5.54. The number of hydrogen-bond acceptors (Lipinski definition) is 5. The molecular weight excluding hydrogens is 430 g/mol. The van der Waals surface area contributed by atoms with Crippen molar-refractivity contribution in [1.82, 2.24) is 9.21 Å². The lowest BCUT2D eigenvalue weighted by Gasteiger charge is -2.16. The van der Waals surface area contributed by atoms with Crippen molar-refractivity contribution in [3.63, 3.8) is 0 Å². The molecule has 1 fully saturated rings. The Hall–Kier alpha value is -3.17. The molecule has 0 unspecified atom stereocenters. The summed E-state index contributed by atoms with van der Waals surface area (Å²) in [6, 6.07) is 12.1. The Morgan fingerprint density at radius 1 is 1.22 bits per heavy atom. The second kappa shape index (κ2) is 9.97. The highest BCUT2D eigenvalue weighted by molar-refractivity contribution is 7.89. The largest absolute Gasteiger partial charge is 0.495 e. The van der Waals surface area contributed by atoms with Gasteiger partial charge in [0.05, 0.1) is 7.11 Å². The van der Waals surface area contributed by atoms with E-state index in [9.17, 15) is 18.0 Å². The van der Waals surface area contributed by atoms with Gasteiger partial charge in [0.1, 0.15) is 10.6 Å². The van der Waals surface area contributed by atoms with Crippen LogP contribution in [0.5, 0.6) is 5.75 Å². The minimum absolute atomic E-state index is 0.0247. The second-order valence-corrected chi connectivity index (χ2v) is 9.76. The zero-order valence-corrected chi connectivity index (χ0v) is 19.2. The first-order valence-corrected chi connectivity index (χ1v) is 11.6. The van der Waals surface area contributed by atoms with Gasteiger partial charge in [-0.25, -0.2) is 12.7 Å². The summed E-state index contributed by atoms with van der Waals surface area (Å²) in [5.74, 6) is 0.0262. The minimum Gasteiger partial charge on any atom is -0.495 e. The summed E-state index contributed by atoms with van der Waals surface area (Å²) in [7, 11) is 0.587. The maximum absolute atomic E-state index is 12.5. The van der Waals surface area contributed by atoms with Crippen LogP contribution >= 0.6 is 0 Å². The van der Waals surface area contributed by atoms with Gasteiger partial charge < -0.3 is 15.0 Å². The van der Waals surface area contributed by atoms with Crippen LogP contribution in [0.15, 0.2) is 53.4 Å². The smallest absolute Gasteiger partial charge is 0.248 e. The molecule has 1 N–H and O–H groups in total. The summed E-state index contributed by atoms with van der Waals surface area (Å²) in [6.07, 6.45) is 4.34. The van der Waals surface area contributed by atoms with E-state index in [-0.39, 0.29) is 22.5 Å². The van der Waals surface area contributed by atoms with Gasteiger partial charge in [0, 0.05) is 45.4 Å². The third-order valence-electron chi connectivity index (χ3n) is 5.11. The lowest BCUT2D eigenvalue weighted by atomic mass is 10.2. The Morgan fingerprint density at radius 3 is 2.66 bits per heavy atom. The topological polar surface area (TPSA) is 96.0 Å². The molecule has 170 valence electrons. The van der Waals surface area contributed by atoms with Gasteiger partial charge in [-0.05, 0) is 47.9 Å².